The predicted octanol–water partition coefficient (Wildman–Crippen LogP) is 2.70. The maximum absolute atomic E-state index is 12.1. The molecule has 124 valence electrons. The number of amides is 1. The van der Waals surface area contributed by atoms with Gasteiger partial charge >= 0.3 is 0 Å². The molecule has 1 aromatic carbocycles. The normalized spacial score (nSPS) is 19.8. The number of nitrogens with zero attached hydrogens (tertiary/aromatic N) is 1. The van der Waals surface area contributed by atoms with Gasteiger partial charge in [0.1, 0.15) is 5.75 Å². The maximum Gasteiger partial charge on any atom is 0.234 e. The molecule has 1 unspecified atom stereocenters. The van der Waals surface area contributed by atoms with E-state index in [2.05, 4.69) is 35.3 Å². The third-order valence-corrected chi connectivity index (χ3v) is 4.82. The van der Waals surface area contributed by atoms with Gasteiger partial charge in [0.15, 0.2) is 0 Å². The van der Waals surface area contributed by atoms with E-state index >= 15 is 0 Å². The Morgan fingerprint density at radius 2 is 2.26 bits per heavy atom. The second-order valence-electron chi connectivity index (χ2n) is 6.64. The largest absolute Gasteiger partial charge is 0.497 e. The Hall–Kier alpha value is -1.81. The Labute approximate surface area is 138 Å². The molecule has 0 spiro atoms. The number of methoxy groups -OCH3 is 1. The molecular formula is C19H26N2O2. The molecule has 1 N–H and O–H groups in total. The van der Waals surface area contributed by atoms with E-state index in [0.29, 0.717) is 18.5 Å². The minimum atomic E-state index is 0.155. The van der Waals surface area contributed by atoms with Gasteiger partial charge in [-0.3, -0.25) is 9.69 Å². The van der Waals surface area contributed by atoms with Gasteiger partial charge in [-0.05, 0) is 55.4 Å². The third kappa shape index (κ3) is 4.35. The lowest BCUT2D eigenvalue weighted by atomic mass is 9.99. The summed E-state index contributed by atoms with van der Waals surface area (Å²) in [7, 11) is 1.69. The van der Waals surface area contributed by atoms with Crippen molar-refractivity contribution in [3.05, 3.63) is 35.9 Å². The van der Waals surface area contributed by atoms with Gasteiger partial charge in [0, 0.05) is 19.1 Å². The van der Waals surface area contributed by atoms with E-state index in [1.807, 2.05) is 12.1 Å². The molecule has 0 radical (unpaired) electrons. The Morgan fingerprint density at radius 1 is 1.43 bits per heavy atom. The number of benzene rings is 1. The Bertz CT molecular complexity index is 593. The molecule has 0 saturated heterocycles. The summed E-state index contributed by atoms with van der Waals surface area (Å²) >= 11 is 0. The number of carbonyl (C=O) groups excluding carboxylic acids is 1. The molecule has 4 heteroatoms. The van der Waals surface area contributed by atoms with E-state index in [1.165, 1.54) is 24.0 Å². The number of nitrogens with one attached hydrogen (secondary N) is 1. The number of hydrogen-bond acceptors (Lipinski definition) is 3. The fourth-order valence-corrected chi connectivity index (χ4v) is 3.16. The van der Waals surface area contributed by atoms with E-state index in [-0.39, 0.29) is 5.91 Å². The first-order valence-corrected chi connectivity index (χ1v) is 8.51. The van der Waals surface area contributed by atoms with Crippen molar-refractivity contribution in [2.24, 2.45) is 5.92 Å². The smallest absolute Gasteiger partial charge is 0.234 e. The number of ether oxygens (including phenoxy) is 1. The van der Waals surface area contributed by atoms with Crippen LogP contribution in [0.3, 0.4) is 0 Å². The molecule has 1 atom stereocenters. The lowest BCUT2D eigenvalue weighted by Crippen LogP contribution is -2.43. The summed E-state index contributed by atoms with van der Waals surface area (Å²) in [6.45, 7) is 4.37. The van der Waals surface area contributed by atoms with Gasteiger partial charge in [0.05, 0.1) is 13.7 Å². The summed E-state index contributed by atoms with van der Waals surface area (Å²) < 4.78 is 5.29. The molecule has 1 aliphatic carbocycles. The lowest BCUT2D eigenvalue weighted by Gasteiger charge is -2.26. The van der Waals surface area contributed by atoms with Crippen molar-refractivity contribution < 1.29 is 9.53 Å². The maximum atomic E-state index is 12.1. The number of carbonyl (C=O) groups is 1. The van der Waals surface area contributed by atoms with E-state index in [4.69, 9.17) is 4.74 Å². The first-order valence-electron chi connectivity index (χ1n) is 8.51. The summed E-state index contributed by atoms with van der Waals surface area (Å²) in [5.41, 5.74) is 2.56. The minimum Gasteiger partial charge on any atom is -0.497 e. The summed E-state index contributed by atoms with van der Waals surface area (Å²) in [6.07, 6.45) is 5.73. The summed E-state index contributed by atoms with van der Waals surface area (Å²) in [5.74, 6) is 1.75. The second-order valence-corrected chi connectivity index (χ2v) is 6.64. The van der Waals surface area contributed by atoms with Gasteiger partial charge in [-0.25, -0.2) is 0 Å². The van der Waals surface area contributed by atoms with Crippen LogP contribution in [0, 0.1) is 5.92 Å². The summed E-state index contributed by atoms with van der Waals surface area (Å²) in [6, 6.07) is 8.51. The van der Waals surface area contributed by atoms with Crippen molar-refractivity contribution in [1.29, 1.82) is 0 Å². The molecule has 23 heavy (non-hydrogen) atoms. The monoisotopic (exact) mass is 314 g/mol. The molecule has 2 aliphatic rings. The molecule has 1 fully saturated rings. The van der Waals surface area contributed by atoms with Gasteiger partial charge in [-0.1, -0.05) is 18.2 Å². The van der Waals surface area contributed by atoms with Crippen molar-refractivity contribution in [3.8, 4) is 5.75 Å². The number of rotatable bonds is 6. The first-order chi connectivity index (χ1) is 11.2. The van der Waals surface area contributed by atoms with Crippen molar-refractivity contribution in [1.82, 2.24) is 10.2 Å². The molecule has 1 saturated carbocycles. The molecular weight excluding hydrogens is 288 g/mol. The van der Waals surface area contributed by atoms with Gasteiger partial charge in [-0.2, -0.15) is 0 Å². The van der Waals surface area contributed by atoms with Crippen LogP contribution in [0.5, 0.6) is 5.75 Å². The summed E-state index contributed by atoms with van der Waals surface area (Å²) in [4.78, 5) is 14.3. The SMILES string of the molecule is COc1cccc(C2=CCN(CC(=O)NC(C)C3CC3)CC2)c1. The molecule has 1 heterocycles. The molecule has 0 aromatic heterocycles. The second kappa shape index (κ2) is 7.18. The molecule has 3 rings (SSSR count). The van der Waals surface area contributed by atoms with Crippen molar-refractivity contribution in [3.63, 3.8) is 0 Å². The molecule has 0 bridgehead atoms. The van der Waals surface area contributed by atoms with Crippen molar-refractivity contribution in [2.45, 2.75) is 32.2 Å². The van der Waals surface area contributed by atoms with E-state index in [9.17, 15) is 4.79 Å². The molecule has 1 amide bonds. The minimum absolute atomic E-state index is 0.155. The summed E-state index contributed by atoms with van der Waals surface area (Å²) in [5, 5.41) is 3.13. The van der Waals surface area contributed by atoms with Crippen LogP contribution in [0.1, 0.15) is 31.7 Å². The van der Waals surface area contributed by atoms with E-state index in [0.717, 1.165) is 25.3 Å². The first kappa shape index (κ1) is 16.1. The average Bonchev–Trinajstić information content (AvgIpc) is 3.40. The Kier molecular flexibility index (Phi) is 5.01. The highest BCUT2D eigenvalue weighted by molar-refractivity contribution is 5.78. The van der Waals surface area contributed by atoms with E-state index in [1.54, 1.807) is 7.11 Å². The quantitative estimate of drug-likeness (QED) is 0.878. The van der Waals surface area contributed by atoms with Gasteiger partial charge in [0.2, 0.25) is 5.91 Å². The molecule has 1 aliphatic heterocycles. The van der Waals surface area contributed by atoms with Gasteiger partial charge in [-0.15, -0.1) is 0 Å². The van der Waals surface area contributed by atoms with Crippen LogP contribution in [-0.2, 0) is 4.79 Å². The van der Waals surface area contributed by atoms with Gasteiger partial charge < -0.3 is 10.1 Å². The highest BCUT2D eigenvalue weighted by Gasteiger charge is 2.29. The van der Waals surface area contributed by atoms with Crippen LogP contribution in [0.2, 0.25) is 0 Å². The van der Waals surface area contributed by atoms with E-state index < -0.39 is 0 Å². The zero-order chi connectivity index (χ0) is 16.2. The standard InChI is InChI=1S/C19H26N2O2/c1-14(15-6-7-15)20-19(22)13-21-10-8-16(9-11-21)17-4-3-5-18(12-17)23-2/h3-5,8,12,14-15H,6-7,9-11,13H2,1-2H3,(H,20,22). The predicted molar refractivity (Wildman–Crippen MR) is 92.4 cm³/mol. The average molecular weight is 314 g/mol. The zero-order valence-electron chi connectivity index (χ0n) is 14.0. The van der Waals surface area contributed by atoms with Crippen molar-refractivity contribution >= 4 is 11.5 Å². The van der Waals surface area contributed by atoms with Crippen LogP contribution in [0.15, 0.2) is 30.3 Å². The Balaban J connectivity index is 1.52. The van der Waals surface area contributed by atoms with Gasteiger partial charge in [0.25, 0.3) is 0 Å². The lowest BCUT2D eigenvalue weighted by molar-refractivity contribution is -0.122. The third-order valence-electron chi connectivity index (χ3n) is 4.82. The fourth-order valence-electron chi connectivity index (χ4n) is 3.16. The highest BCUT2D eigenvalue weighted by atomic mass is 16.5. The highest BCUT2D eigenvalue weighted by Crippen LogP contribution is 2.32. The van der Waals surface area contributed by atoms with Crippen LogP contribution in [-0.4, -0.2) is 43.6 Å². The van der Waals surface area contributed by atoms with Crippen LogP contribution >= 0.6 is 0 Å². The van der Waals surface area contributed by atoms with Crippen LogP contribution in [0.25, 0.3) is 5.57 Å². The topological polar surface area (TPSA) is 41.6 Å². The number of hydrogen-bond donors (Lipinski definition) is 1. The van der Waals surface area contributed by atoms with Crippen LogP contribution in [0.4, 0.5) is 0 Å². The van der Waals surface area contributed by atoms with Crippen molar-refractivity contribution in [2.75, 3.05) is 26.7 Å². The molecule has 4 nitrogen and oxygen atoms in total. The molecule has 1 aromatic rings. The zero-order valence-corrected chi connectivity index (χ0v) is 14.0. The Morgan fingerprint density at radius 3 is 2.91 bits per heavy atom. The van der Waals surface area contributed by atoms with Crippen LogP contribution < -0.4 is 10.1 Å². The fraction of sp³-hybridized carbons (Fsp3) is 0.526.